The van der Waals surface area contributed by atoms with Crippen LogP contribution < -0.4 is 5.32 Å². The topological polar surface area (TPSA) is 78.7 Å². The molecular weight excluding hydrogens is 344 g/mol. The predicted molar refractivity (Wildman–Crippen MR) is 104 cm³/mol. The highest BCUT2D eigenvalue weighted by atomic mass is 16.5. The summed E-state index contributed by atoms with van der Waals surface area (Å²) >= 11 is 0. The third-order valence-electron chi connectivity index (χ3n) is 4.14. The average molecular weight is 366 g/mol. The predicted octanol–water partition coefficient (Wildman–Crippen LogP) is 2.47. The van der Waals surface area contributed by atoms with Crippen molar-refractivity contribution in [2.45, 2.75) is 0 Å². The van der Waals surface area contributed by atoms with Crippen LogP contribution in [0.1, 0.15) is 10.4 Å². The summed E-state index contributed by atoms with van der Waals surface area (Å²) in [7, 11) is 3.85. The molecule has 0 atom stereocenters. The first-order valence-corrected chi connectivity index (χ1v) is 8.66. The summed E-state index contributed by atoms with van der Waals surface area (Å²) in [6.45, 7) is 1.02. The minimum Gasteiger partial charge on any atom is -0.363 e. The lowest BCUT2D eigenvalue weighted by atomic mass is 10.1. The van der Waals surface area contributed by atoms with Gasteiger partial charge >= 0.3 is 0 Å². The number of fused-ring (bicyclic) bond motifs is 1. The maximum absolute atomic E-state index is 13.0. The number of nitrogens with zero attached hydrogens (tertiary/aromatic N) is 3. The molecule has 0 bridgehead atoms. The Balaban J connectivity index is 1.77. The molecule has 0 aliphatic carbocycles. The summed E-state index contributed by atoms with van der Waals surface area (Å²) in [4.78, 5) is 28.9. The SMILES string of the molecule is CN(C)CCN(CC(=O)Nc1ccon1)C(=O)c1ccc2ccccc2c1. The molecule has 0 aliphatic heterocycles. The highest BCUT2D eigenvalue weighted by molar-refractivity contribution is 6.01. The monoisotopic (exact) mass is 366 g/mol. The van der Waals surface area contributed by atoms with Crippen LogP contribution in [-0.4, -0.2) is 60.5 Å². The van der Waals surface area contributed by atoms with Crippen molar-refractivity contribution >= 4 is 28.4 Å². The standard InChI is InChI=1S/C20H22N4O3/c1-23(2)10-11-24(14-19(25)21-18-9-12-27-22-18)20(26)17-8-7-15-5-3-4-6-16(15)13-17/h3-9,12-13H,10-11,14H2,1-2H3,(H,21,22,25). The average Bonchev–Trinajstić information content (AvgIpc) is 3.17. The number of rotatable bonds is 7. The van der Waals surface area contributed by atoms with Crippen molar-refractivity contribution in [2.24, 2.45) is 0 Å². The van der Waals surface area contributed by atoms with Crippen LogP contribution in [0.2, 0.25) is 0 Å². The van der Waals surface area contributed by atoms with E-state index in [4.69, 9.17) is 4.52 Å². The van der Waals surface area contributed by atoms with Crippen LogP contribution in [0, 0.1) is 0 Å². The van der Waals surface area contributed by atoms with Crippen LogP contribution in [0.25, 0.3) is 10.8 Å². The lowest BCUT2D eigenvalue weighted by molar-refractivity contribution is -0.117. The van der Waals surface area contributed by atoms with Gasteiger partial charge in [-0.15, -0.1) is 0 Å². The molecule has 3 aromatic rings. The van der Waals surface area contributed by atoms with Gasteiger partial charge in [0.05, 0.1) is 0 Å². The number of benzene rings is 2. The minimum atomic E-state index is -0.322. The van der Waals surface area contributed by atoms with Gasteiger partial charge in [-0.25, -0.2) is 0 Å². The second-order valence-electron chi connectivity index (χ2n) is 6.52. The molecule has 7 nitrogen and oxygen atoms in total. The fraction of sp³-hybridized carbons (Fsp3) is 0.250. The molecule has 0 saturated heterocycles. The maximum Gasteiger partial charge on any atom is 0.254 e. The first-order chi connectivity index (χ1) is 13.0. The summed E-state index contributed by atoms with van der Waals surface area (Å²) < 4.78 is 4.71. The molecule has 0 aliphatic rings. The van der Waals surface area contributed by atoms with Crippen molar-refractivity contribution in [3.63, 3.8) is 0 Å². The molecule has 140 valence electrons. The lowest BCUT2D eigenvalue weighted by Gasteiger charge is -2.24. The first kappa shape index (κ1) is 18.6. The number of hydrogen-bond acceptors (Lipinski definition) is 5. The van der Waals surface area contributed by atoms with Crippen LogP contribution in [0.3, 0.4) is 0 Å². The van der Waals surface area contributed by atoms with E-state index in [1.54, 1.807) is 17.0 Å². The maximum atomic E-state index is 13.0. The zero-order valence-electron chi connectivity index (χ0n) is 15.4. The molecule has 0 fully saturated rings. The van der Waals surface area contributed by atoms with E-state index in [0.29, 0.717) is 24.5 Å². The lowest BCUT2D eigenvalue weighted by Crippen LogP contribution is -2.41. The van der Waals surface area contributed by atoms with Gasteiger partial charge in [0, 0.05) is 24.7 Å². The molecule has 0 unspecified atom stereocenters. The minimum absolute atomic E-state index is 0.0631. The van der Waals surface area contributed by atoms with Gasteiger partial charge < -0.3 is 19.6 Å². The molecule has 27 heavy (non-hydrogen) atoms. The molecule has 7 heteroatoms. The van der Waals surface area contributed by atoms with Gasteiger partial charge in [-0.2, -0.15) is 0 Å². The highest BCUT2D eigenvalue weighted by Crippen LogP contribution is 2.17. The Hall–Kier alpha value is -3.19. The molecule has 2 aromatic carbocycles. The van der Waals surface area contributed by atoms with Crippen LogP contribution in [0.4, 0.5) is 5.82 Å². The Morgan fingerprint density at radius 3 is 2.52 bits per heavy atom. The van der Waals surface area contributed by atoms with E-state index in [1.807, 2.05) is 55.4 Å². The second kappa shape index (κ2) is 8.46. The van der Waals surface area contributed by atoms with Gasteiger partial charge in [0.2, 0.25) is 5.91 Å². The van der Waals surface area contributed by atoms with Crippen molar-refractivity contribution in [3.05, 3.63) is 60.4 Å². The number of anilines is 1. The second-order valence-corrected chi connectivity index (χ2v) is 6.52. The number of amides is 2. The van der Waals surface area contributed by atoms with Crippen molar-refractivity contribution < 1.29 is 14.1 Å². The fourth-order valence-corrected chi connectivity index (χ4v) is 2.71. The summed E-state index contributed by atoms with van der Waals surface area (Å²) in [6, 6.07) is 15.0. The number of carbonyl (C=O) groups is 2. The fourth-order valence-electron chi connectivity index (χ4n) is 2.71. The normalized spacial score (nSPS) is 10.9. The molecule has 0 saturated carbocycles. The zero-order chi connectivity index (χ0) is 19.2. The summed E-state index contributed by atoms with van der Waals surface area (Å²) in [5, 5.41) is 8.34. The van der Waals surface area contributed by atoms with Crippen LogP contribution >= 0.6 is 0 Å². The van der Waals surface area contributed by atoms with Crippen molar-refractivity contribution in [1.82, 2.24) is 15.0 Å². The smallest absolute Gasteiger partial charge is 0.254 e. The third kappa shape index (κ3) is 4.92. The summed E-state index contributed by atoms with van der Waals surface area (Å²) in [5.41, 5.74) is 0.557. The third-order valence-corrected chi connectivity index (χ3v) is 4.14. The number of carbonyl (C=O) groups excluding carboxylic acids is 2. The van der Waals surface area contributed by atoms with E-state index in [1.165, 1.54) is 6.26 Å². The Morgan fingerprint density at radius 1 is 1.04 bits per heavy atom. The van der Waals surface area contributed by atoms with E-state index in [2.05, 4.69) is 10.5 Å². The van der Waals surface area contributed by atoms with Crippen LogP contribution in [0.5, 0.6) is 0 Å². The van der Waals surface area contributed by atoms with Crippen LogP contribution in [0.15, 0.2) is 59.3 Å². The number of likely N-dealkylation sites (N-methyl/N-ethyl adjacent to an activating group) is 1. The van der Waals surface area contributed by atoms with E-state index >= 15 is 0 Å². The largest absolute Gasteiger partial charge is 0.363 e. The van der Waals surface area contributed by atoms with E-state index in [-0.39, 0.29) is 18.4 Å². The summed E-state index contributed by atoms with van der Waals surface area (Å²) in [5.74, 6) is -0.180. The molecule has 2 amide bonds. The quantitative estimate of drug-likeness (QED) is 0.695. The molecule has 1 heterocycles. The van der Waals surface area contributed by atoms with E-state index < -0.39 is 0 Å². The van der Waals surface area contributed by atoms with Crippen molar-refractivity contribution in [3.8, 4) is 0 Å². The molecule has 3 rings (SSSR count). The Bertz CT molecular complexity index is 922. The molecule has 0 spiro atoms. The van der Waals surface area contributed by atoms with Gasteiger partial charge in [-0.3, -0.25) is 9.59 Å². The Morgan fingerprint density at radius 2 is 1.81 bits per heavy atom. The van der Waals surface area contributed by atoms with E-state index in [0.717, 1.165) is 10.8 Å². The van der Waals surface area contributed by atoms with Gasteiger partial charge in [0.25, 0.3) is 5.91 Å². The van der Waals surface area contributed by atoms with Gasteiger partial charge in [0.15, 0.2) is 5.82 Å². The van der Waals surface area contributed by atoms with Gasteiger partial charge in [-0.05, 0) is 37.0 Å². The number of aromatic nitrogens is 1. The van der Waals surface area contributed by atoms with E-state index in [9.17, 15) is 9.59 Å². The first-order valence-electron chi connectivity index (χ1n) is 8.66. The Kier molecular flexibility index (Phi) is 5.83. The molecule has 1 aromatic heterocycles. The van der Waals surface area contributed by atoms with Gasteiger partial charge in [0.1, 0.15) is 12.8 Å². The molecular formula is C20H22N4O3. The highest BCUT2D eigenvalue weighted by Gasteiger charge is 2.20. The Labute approximate surface area is 157 Å². The van der Waals surface area contributed by atoms with Gasteiger partial charge in [-0.1, -0.05) is 35.5 Å². The van der Waals surface area contributed by atoms with Crippen molar-refractivity contribution in [2.75, 3.05) is 39.0 Å². The van der Waals surface area contributed by atoms with Crippen molar-refractivity contribution in [1.29, 1.82) is 0 Å². The summed E-state index contributed by atoms with van der Waals surface area (Å²) in [6.07, 6.45) is 1.37. The van der Waals surface area contributed by atoms with Crippen LogP contribution in [-0.2, 0) is 4.79 Å². The molecule has 1 N–H and O–H groups in total. The number of hydrogen-bond donors (Lipinski definition) is 1. The number of nitrogens with one attached hydrogen (secondary N) is 1. The molecule has 0 radical (unpaired) electrons. The zero-order valence-corrected chi connectivity index (χ0v) is 15.4.